The number of nitrogens with two attached hydrogens (primary N) is 1. The highest BCUT2D eigenvalue weighted by molar-refractivity contribution is 8.00. The van der Waals surface area contributed by atoms with E-state index in [-0.39, 0.29) is 11.7 Å². The molecule has 0 heterocycles. The summed E-state index contributed by atoms with van der Waals surface area (Å²) in [4.78, 5) is 22.9. The van der Waals surface area contributed by atoms with Gasteiger partial charge < -0.3 is 10.5 Å². The number of primary amides is 1. The van der Waals surface area contributed by atoms with Crippen molar-refractivity contribution >= 4 is 23.6 Å². The smallest absolute Gasteiger partial charge is 0.339 e. The van der Waals surface area contributed by atoms with Crippen LogP contribution in [0.1, 0.15) is 17.3 Å². The second-order valence-electron chi connectivity index (χ2n) is 2.97. The zero-order valence-corrected chi connectivity index (χ0v) is 9.75. The van der Waals surface area contributed by atoms with Gasteiger partial charge in [-0.15, -0.1) is 11.8 Å². The van der Waals surface area contributed by atoms with Crippen LogP contribution in [0, 0.1) is 0 Å². The summed E-state index contributed by atoms with van der Waals surface area (Å²) in [7, 11) is 0. The number of esters is 1. The van der Waals surface area contributed by atoms with Gasteiger partial charge in [0.1, 0.15) is 0 Å². The van der Waals surface area contributed by atoms with Crippen molar-refractivity contribution in [1.29, 1.82) is 0 Å². The minimum absolute atomic E-state index is 0.149. The van der Waals surface area contributed by atoms with Crippen LogP contribution < -0.4 is 5.73 Å². The lowest BCUT2D eigenvalue weighted by molar-refractivity contribution is -0.115. The minimum atomic E-state index is -0.413. The van der Waals surface area contributed by atoms with Crippen LogP contribution in [0.15, 0.2) is 29.2 Å². The van der Waals surface area contributed by atoms with Gasteiger partial charge in [-0.1, -0.05) is 12.1 Å². The normalized spacial score (nSPS) is 9.81. The van der Waals surface area contributed by atoms with Crippen molar-refractivity contribution in [1.82, 2.24) is 0 Å². The van der Waals surface area contributed by atoms with Gasteiger partial charge >= 0.3 is 5.97 Å². The van der Waals surface area contributed by atoms with Crippen molar-refractivity contribution < 1.29 is 14.3 Å². The fourth-order valence-electron chi connectivity index (χ4n) is 1.12. The SMILES string of the molecule is CCOC(=O)c1ccccc1SCC(N)=O. The molecular weight excluding hydrogens is 226 g/mol. The van der Waals surface area contributed by atoms with E-state index in [1.54, 1.807) is 31.2 Å². The van der Waals surface area contributed by atoms with Gasteiger partial charge in [0, 0.05) is 4.90 Å². The monoisotopic (exact) mass is 239 g/mol. The standard InChI is InChI=1S/C11H13NO3S/c1-2-15-11(14)8-5-3-4-6-9(8)16-7-10(12)13/h3-6H,2,7H2,1H3,(H2,12,13). The summed E-state index contributed by atoms with van der Waals surface area (Å²) in [5, 5.41) is 0. The van der Waals surface area contributed by atoms with Gasteiger partial charge in [-0.2, -0.15) is 0 Å². The van der Waals surface area contributed by atoms with Gasteiger partial charge in [-0.3, -0.25) is 4.79 Å². The van der Waals surface area contributed by atoms with E-state index < -0.39 is 5.91 Å². The second-order valence-corrected chi connectivity index (χ2v) is 3.99. The average Bonchev–Trinajstić information content (AvgIpc) is 2.27. The molecule has 1 aromatic carbocycles. The lowest BCUT2D eigenvalue weighted by atomic mass is 10.2. The molecule has 0 fully saturated rings. The predicted octanol–water partition coefficient (Wildman–Crippen LogP) is 1.44. The number of carbonyl (C=O) groups is 2. The zero-order chi connectivity index (χ0) is 12.0. The molecule has 1 rings (SSSR count). The zero-order valence-electron chi connectivity index (χ0n) is 8.93. The summed E-state index contributed by atoms with van der Waals surface area (Å²) < 4.78 is 4.91. The first-order valence-electron chi connectivity index (χ1n) is 4.82. The Bertz CT molecular complexity index is 393. The number of carbonyl (C=O) groups excluding carboxylic acids is 2. The number of amides is 1. The quantitative estimate of drug-likeness (QED) is 0.623. The molecule has 5 heteroatoms. The highest BCUT2D eigenvalue weighted by Gasteiger charge is 2.12. The largest absolute Gasteiger partial charge is 0.462 e. The topological polar surface area (TPSA) is 69.4 Å². The first-order chi connectivity index (χ1) is 7.65. The summed E-state index contributed by atoms with van der Waals surface area (Å²) in [6.07, 6.45) is 0. The number of benzene rings is 1. The van der Waals surface area contributed by atoms with Crippen molar-refractivity contribution in [2.75, 3.05) is 12.4 Å². The summed E-state index contributed by atoms with van der Waals surface area (Å²) >= 11 is 1.23. The van der Waals surface area contributed by atoms with Crippen LogP contribution in [0.3, 0.4) is 0 Å². The summed E-state index contributed by atoms with van der Waals surface area (Å²) in [6.45, 7) is 2.07. The van der Waals surface area contributed by atoms with Gasteiger partial charge in [0.15, 0.2) is 0 Å². The second kappa shape index (κ2) is 6.17. The Balaban J connectivity index is 2.82. The van der Waals surface area contributed by atoms with E-state index in [1.807, 2.05) is 0 Å². The van der Waals surface area contributed by atoms with Crippen LogP contribution in [-0.2, 0) is 9.53 Å². The number of hydrogen-bond donors (Lipinski definition) is 1. The number of ether oxygens (including phenoxy) is 1. The van der Waals surface area contributed by atoms with Gasteiger partial charge in [0.2, 0.25) is 5.91 Å². The molecule has 2 N–H and O–H groups in total. The van der Waals surface area contributed by atoms with Crippen molar-refractivity contribution in [2.24, 2.45) is 5.73 Å². The lowest BCUT2D eigenvalue weighted by Gasteiger charge is -2.06. The van der Waals surface area contributed by atoms with E-state index in [2.05, 4.69) is 0 Å². The van der Waals surface area contributed by atoms with Gasteiger partial charge in [-0.25, -0.2) is 4.79 Å². The van der Waals surface area contributed by atoms with E-state index in [9.17, 15) is 9.59 Å². The molecule has 0 saturated heterocycles. The molecule has 0 aliphatic rings. The minimum Gasteiger partial charge on any atom is -0.462 e. The molecule has 4 nitrogen and oxygen atoms in total. The third-order valence-electron chi connectivity index (χ3n) is 1.75. The Morgan fingerprint density at radius 3 is 2.69 bits per heavy atom. The molecule has 0 bridgehead atoms. The molecule has 86 valence electrons. The Kier molecular flexibility index (Phi) is 4.85. The van der Waals surface area contributed by atoms with Gasteiger partial charge in [0.05, 0.1) is 17.9 Å². The Morgan fingerprint density at radius 2 is 2.06 bits per heavy atom. The van der Waals surface area contributed by atoms with Crippen LogP contribution in [0.5, 0.6) is 0 Å². The fourth-order valence-corrected chi connectivity index (χ4v) is 1.90. The highest BCUT2D eigenvalue weighted by atomic mass is 32.2. The third-order valence-corrected chi connectivity index (χ3v) is 2.85. The summed E-state index contributed by atoms with van der Waals surface area (Å²) in [5.74, 6) is -0.644. The summed E-state index contributed by atoms with van der Waals surface area (Å²) in [5.41, 5.74) is 5.52. The number of rotatable bonds is 5. The molecule has 0 unspecified atom stereocenters. The molecule has 0 radical (unpaired) electrons. The highest BCUT2D eigenvalue weighted by Crippen LogP contribution is 2.22. The van der Waals surface area contributed by atoms with E-state index in [0.29, 0.717) is 17.1 Å². The van der Waals surface area contributed by atoms with Gasteiger partial charge in [-0.05, 0) is 19.1 Å². The number of hydrogen-bond acceptors (Lipinski definition) is 4. The molecule has 0 aliphatic heterocycles. The van der Waals surface area contributed by atoms with Crippen molar-refractivity contribution in [3.05, 3.63) is 29.8 Å². The Hall–Kier alpha value is -1.49. The average molecular weight is 239 g/mol. The van der Waals surface area contributed by atoms with Crippen LogP contribution in [-0.4, -0.2) is 24.2 Å². The van der Waals surface area contributed by atoms with Crippen LogP contribution in [0.2, 0.25) is 0 Å². The van der Waals surface area contributed by atoms with Crippen molar-refractivity contribution in [3.8, 4) is 0 Å². The third kappa shape index (κ3) is 3.58. The molecule has 0 spiro atoms. The maximum Gasteiger partial charge on any atom is 0.339 e. The molecular formula is C11H13NO3S. The van der Waals surface area contributed by atoms with Crippen molar-refractivity contribution in [2.45, 2.75) is 11.8 Å². The predicted molar refractivity (Wildman–Crippen MR) is 62.3 cm³/mol. The first-order valence-corrected chi connectivity index (χ1v) is 5.81. The molecule has 0 aliphatic carbocycles. The molecule has 0 aromatic heterocycles. The van der Waals surface area contributed by atoms with E-state index in [4.69, 9.17) is 10.5 Å². The maximum absolute atomic E-state index is 11.6. The molecule has 16 heavy (non-hydrogen) atoms. The van der Waals surface area contributed by atoms with E-state index >= 15 is 0 Å². The van der Waals surface area contributed by atoms with Crippen LogP contribution >= 0.6 is 11.8 Å². The Labute approximate surface area is 98.2 Å². The van der Waals surface area contributed by atoms with E-state index in [1.165, 1.54) is 11.8 Å². The maximum atomic E-state index is 11.6. The lowest BCUT2D eigenvalue weighted by Crippen LogP contribution is -2.13. The van der Waals surface area contributed by atoms with Crippen LogP contribution in [0.4, 0.5) is 0 Å². The molecule has 1 aromatic rings. The van der Waals surface area contributed by atoms with E-state index in [0.717, 1.165) is 0 Å². The summed E-state index contributed by atoms with van der Waals surface area (Å²) in [6, 6.07) is 6.98. The fraction of sp³-hybridized carbons (Fsp3) is 0.273. The molecule has 1 amide bonds. The van der Waals surface area contributed by atoms with Crippen molar-refractivity contribution in [3.63, 3.8) is 0 Å². The number of thioether (sulfide) groups is 1. The van der Waals surface area contributed by atoms with Crippen LogP contribution in [0.25, 0.3) is 0 Å². The van der Waals surface area contributed by atoms with Gasteiger partial charge in [0.25, 0.3) is 0 Å². The molecule has 0 atom stereocenters. The first kappa shape index (κ1) is 12.6. The molecule has 0 saturated carbocycles. The Morgan fingerprint density at radius 1 is 1.38 bits per heavy atom.